The molecule has 0 saturated heterocycles. The van der Waals surface area contributed by atoms with E-state index in [1.165, 1.54) is 11.3 Å². The van der Waals surface area contributed by atoms with Gasteiger partial charge in [-0.05, 0) is 23.8 Å². The Morgan fingerprint density at radius 2 is 2.05 bits per heavy atom. The van der Waals surface area contributed by atoms with Crippen molar-refractivity contribution in [1.29, 1.82) is 0 Å². The summed E-state index contributed by atoms with van der Waals surface area (Å²) in [5.74, 6) is 1.44. The molecule has 1 aromatic heterocycles. The van der Waals surface area contributed by atoms with Crippen molar-refractivity contribution in [1.82, 2.24) is 9.97 Å². The zero-order valence-electron chi connectivity index (χ0n) is 10.2. The molecule has 1 atom stereocenters. The zero-order valence-corrected chi connectivity index (χ0v) is 10.2. The molecule has 0 amide bonds. The fourth-order valence-electron chi connectivity index (χ4n) is 2.71. The summed E-state index contributed by atoms with van der Waals surface area (Å²) in [5, 5.41) is 12.9. The summed E-state index contributed by atoms with van der Waals surface area (Å²) >= 11 is 0. The molecule has 1 unspecified atom stereocenters. The number of para-hydroxylation sites is 1. The van der Waals surface area contributed by atoms with Crippen LogP contribution in [0.5, 0.6) is 5.75 Å². The Kier molecular flexibility index (Phi) is 2.06. The number of rotatable bonds is 1. The molecule has 2 aromatic carbocycles. The molecule has 0 spiro atoms. The predicted octanol–water partition coefficient (Wildman–Crippen LogP) is 2.83. The van der Waals surface area contributed by atoms with Gasteiger partial charge >= 0.3 is 0 Å². The van der Waals surface area contributed by atoms with Gasteiger partial charge in [-0.25, -0.2) is 4.98 Å². The number of aromatic hydroxyl groups is 1. The van der Waals surface area contributed by atoms with Crippen molar-refractivity contribution in [2.45, 2.75) is 5.92 Å². The summed E-state index contributed by atoms with van der Waals surface area (Å²) in [5.41, 5.74) is 4.21. The van der Waals surface area contributed by atoms with Crippen molar-refractivity contribution < 1.29 is 5.11 Å². The third-order valence-electron chi connectivity index (χ3n) is 3.65. The van der Waals surface area contributed by atoms with Crippen LogP contribution in [0.2, 0.25) is 0 Å². The Morgan fingerprint density at radius 3 is 3.00 bits per heavy atom. The molecule has 0 fully saturated rings. The van der Waals surface area contributed by atoms with Crippen molar-refractivity contribution >= 4 is 16.7 Å². The van der Waals surface area contributed by atoms with E-state index in [4.69, 9.17) is 0 Å². The lowest BCUT2D eigenvalue weighted by atomic mass is 10.0. The van der Waals surface area contributed by atoms with E-state index in [9.17, 15) is 5.11 Å². The quantitative estimate of drug-likeness (QED) is 0.623. The number of fused-ring (bicyclic) bond motifs is 2. The van der Waals surface area contributed by atoms with Crippen LogP contribution in [0.3, 0.4) is 0 Å². The number of imidazole rings is 1. The summed E-state index contributed by atoms with van der Waals surface area (Å²) in [6, 6.07) is 13.5. The highest BCUT2D eigenvalue weighted by atomic mass is 16.3. The summed E-state index contributed by atoms with van der Waals surface area (Å²) in [4.78, 5) is 7.94. The van der Waals surface area contributed by atoms with Crippen molar-refractivity contribution in [2.75, 3.05) is 11.9 Å². The van der Waals surface area contributed by atoms with Gasteiger partial charge in [-0.2, -0.15) is 0 Å². The van der Waals surface area contributed by atoms with Gasteiger partial charge < -0.3 is 15.4 Å². The van der Waals surface area contributed by atoms with Gasteiger partial charge in [0.2, 0.25) is 0 Å². The minimum Gasteiger partial charge on any atom is -0.508 e. The molecule has 0 saturated carbocycles. The number of anilines is 1. The van der Waals surface area contributed by atoms with Crippen molar-refractivity contribution in [2.24, 2.45) is 0 Å². The fourth-order valence-corrected chi connectivity index (χ4v) is 2.71. The van der Waals surface area contributed by atoms with Gasteiger partial charge in [-0.15, -0.1) is 0 Å². The Balaban J connectivity index is 1.83. The maximum atomic E-state index is 9.50. The van der Waals surface area contributed by atoms with Crippen LogP contribution in [0.25, 0.3) is 11.0 Å². The summed E-state index contributed by atoms with van der Waals surface area (Å²) < 4.78 is 0. The van der Waals surface area contributed by atoms with Crippen LogP contribution < -0.4 is 5.32 Å². The lowest BCUT2D eigenvalue weighted by Gasteiger charge is -2.05. The third kappa shape index (κ3) is 1.57. The van der Waals surface area contributed by atoms with Crippen LogP contribution in [0.4, 0.5) is 5.69 Å². The molecule has 4 rings (SSSR count). The first-order chi connectivity index (χ1) is 9.31. The molecule has 0 radical (unpaired) electrons. The average molecular weight is 251 g/mol. The second-order valence-electron chi connectivity index (χ2n) is 4.84. The molecule has 4 nitrogen and oxygen atoms in total. The molecule has 1 aliphatic rings. The molecule has 1 aliphatic heterocycles. The van der Waals surface area contributed by atoms with E-state index in [0.717, 1.165) is 23.4 Å². The Hall–Kier alpha value is -2.49. The second kappa shape index (κ2) is 3.75. The van der Waals surface area contributed by atoms with Crippen LogP contribution in [-0.2, 0) is 0 Å². The number of phenolic OH excluding ortho intramolecular Hbond substituents is 1. The monoisotopic (exact) mass is 251 g/mol. The van der Waals surface area contributed by atoms with E-state index >= 15 is 0 Å². The number of aromatic nitrogens is 2. The highest BCUT2D eigenvalue weighted by Gasteiger charge is 2.25. The van der Waals surface area contributed by atoms with E-state index < -0.39 is 0 Å². The Labute approximate surface area is 110 Å². The maximum Gasteiger partial charge on any atom is 0.117 e. The lowest BCUT2D eigenvalue weighted by molar-refractivity contribution is 0.476. The van der Waals surface area contributed by atoms with E-state index in [0.29, 0.717) is 0 Å². The van der Waals surface area contributed by atoms with Gasteiger partial charge in [-0.1, -0.05) is 18.2 Å². The normalized spacial score (nSPS) is 17.4. The first kappa shape index (κ1) is 10.4. The maximum absolute atomic E-state index is 9.50. The summed E-state index contributed by atoms with van der Waals surface area (Å²) in [7, 11) is 0. The van der Waals surface area contributed by atoms with Crippen LogP contribution in [0.15, 0.2) is 42.5 Å². The van der Waals surface area contributed by atoms with Crippen LogP contribution in [0, 0.1) is 0 Å². The lowest BCUT2D eigenvalue weighted by Crippen LogP contribution is -2.05. The Morgan fingerprint density at radius 1 is 1.16 bits per heavy atom. The largest absolute Gasteiger partial charge is 0.508 e. The summed E-state index contributed by atoms with van der Waals surface area (Å²) in [6.45, 7) is 0.852. The van der Waals surface area contributed by atoms with Crippen molar-refractivity contribution in [3.05, 3.63) is 53.9 Å². The molecular weight excluding hydrogens is 238 g/mol. The number of H-pyrrole nitrogens is 1. The van der Waals surface area contributed by atoms with Crippen molar-refractivity contribution in [3.8, 4) is 5.75 Å². The molecule has 2 heterocycles. The fraction of sp³-hybridized carbons (Fsp3) is 0.133. The van der Waals surface area contributed by atoms with E-state index in [1.54, 1.807) is 12.1 Å². The molecule has 4 heteroatoms. The number of phenols is 1. The van der Waals surface area contributed by atoms with Crippen LogP contribution in [-0.4, -0.2) is 21.6 Å². The SMILES string of the molecule is Oc1ccc2nc(C3CNc4ccccc43)[nH]c2c1. The molecule has 3 aromatic rings. The van der Waals surface area contributed by atoms with Gasteiger partial charge in [0, 0.05) is 18.3 Å². The standard InChI is InChI=1S/C15H13N3O/c19-9-5-6-13-14(7-9)18-15(17-13)11-8-16-12-4-2-1-3-10(11)12/h1-7,11,16,19H,8H2,(H,17,18). The molecule has 3 N–H and O–H groups in total. The number of hydrogen-bond donors (Lipinski definition) is 3. The van der Waals surface area contributed by atoms with Gasteiger partial charge in [-0.3, -0.25) is 0 Å². The van der Waals surface area contributed by atoms with Gasteiger partial charge in [0.15, 0.2) is 0 Å². The van der Waals surface area contributed by atoms with Gasteiger partial charge in [0.05, 0.1) is 17.0 Å². The minimum absolute atomic E-state index is 0.241. The minimum atomic E-state index is 0.241. The molecule has 94 valence electrons. The number of nitrogens with one attached hydrogen (secondary N) is 2. The van der Waals surface area contributed by atoms with E-state index in [1.807, 2.05) is 18.2 Å². The molecule has 19 heavy (non-hydrogen) atoms. The smallest absolute Gasteiger partial charge is 0.117 e. The highest BCUT2D eigenvalue weighted by Crippen LogP contribution is 2.35. The van der Waals surface area contributed by atoms with E-state index in [2.05, 4.69) is 27.4 Å². The average Bonchev–Trinajstić information content (AvgIpc) is 3.00. The molecular formula is C15H13N3O. The van der Waals surface area contributed by atoms with Gasteiger partial charge in [0.1, 0.15) is 11.6 Å². The second-order valence-corrected chi connectivity index (χ2v) is 4.84. The predicted molar refractivity (Wildman–Crippen MR) is 74.5 cm³/mol. The van der Waals surface area contributed by atoms with Gasteiger partial charge in [0.25, 0.3) is 0 Å². The number of hydrogen-bond acceptors (Lipinski definition) is 3. The zero-order chi connectivity index (χ0) is 12.8. The summed E-state index contributed by atoms with van der Waals surface area (Å²) in [6.07, 6.45) is 0. The highest BCUT2D eigenvalue weighted by molar-refractivity contribution is 5.77. The molecule has 0 aliphatic carbocycles. The number of nitrogens with zero attached hydrogens (tertiary/aromatic N) is 1. The first-order valence-electron chi connectivity index (χ1n) is 6.33. The topological polar surface area (TPSA) is 60.9 Å². The van der Waals surface area contributed by atoms with Crippen LogP contribution in [0.1, 0.15) is 17.3 Å². The van der Waals surface area contributed by atoms with E-state index in [-0.39, 0.29) is 11.7 Å². The number of aromatic amines is 1. The third-order valence-corrected chi connectivity index (χ3v) is 3.65. The first-order valence-corrected chi connectivity index (χ1v) is 6.33. The number of benzene rings is 2. The van der Waals surface area contributed by atoms with Crippen LogP contribution >= 0.6 is 0 Å². The Bertz CT molecular complexity index is 763. The van der Waals surface area contributed by atoms with Crippen molar-refractivity contribution in [3.63, 3.8) is 0 Å². The molecule has 0 bridgehead atoms.